The Kier molecular flexibility index (Phi) is 4.10. The predicted octanol–water partition coefficient (Wildman–Crippen LogP) is 2.42. The van der Waals surface area contributed by atoms with Crippen molar-refractivity contribution < 1.29 is 9.47 Å². The van der Waals surface area contributed by atoms with Crippen molar-refractivity contribution in [1.29, 1.82) is 0 Å². The molecule has 0 aliphatic carbocycles. The Labute approximate surface area is 124 Å². The van der Waals surface area contributed by atoms with Gasteiger partial charge in [0, 0.05) is 23.0 Å². The molecule has 5 nitrogen and oxygen atoms in total. The summed E-state index contributed by atoms with van der Waals surface area (Å²) in [6.45, 7) is 2.11. The van der Waals surface area contributed by atoms with Gasteiger partial charge in [0.15, 0.2) is 11.5 Å². The van der Waals surface area contributed by atoms with Gasteiger partial charge in [-0.05, 0) is 44.1 Å². The molecule has 21 heavy (non-hydrogen) atoms. The molecule has 5 heteroatoms. The number of hydrogen-bond donors (Lipinski definition) is 2. The molecule has 2 N–H and O–H groups in total. The Hall–Kier alpha value is -2.01. The molecular formula is C16H21N3O2. The van der Waals surface area contributed by atoms with E-state index >= 15 is 0 Å². The Morgan fingerprint density at radius 3 is 2.62 bits per heavy atom. The molecule has 1 saturated heterocycles. The van der Waals surface area contributed by atoms with Gasteiger partial charge in [0.25, 0.3) is 0 Å². The Morgan fingerprint density at radius 2 is 1.90 bits per heavy atom. The van der Waals surface area contributed by atoms with Gasteiger partial charge in [-0.1, -0.05) is 0 Å². The first kappa shape index (κ1) is 13.9. The van der Waals surface area contributed by atoms with Crippen LogP contribution in [-0.2, 0) is 0 Å². The molecule has 1 aromatic carbocycles. The van der Waals surface area contributed by atoms with Crippen LogP contribution in [0.4, 0.5) is 5.82 Å². The third kappa shape index (κ3) is 2.74. The van der Waals surface area contributed by atoms with Crippen LogP contribution in [0.25, 0.3) is 10.8 Å². The minimum Gasteiger partial charge on any atom is -0.493 e. The van der Waals surface area contributed by atoms with Crippen LogP contribution in [0.1, 0.15) is 12.8 Å². The first-order valence-corrected chi connectivity index (χ1v) is 7.30. The number of methoxy groups -OCH3 is 2. The van der Waals surface area contributed by atoms with Gasteiger partial charge in [-0.15, -0.1) is 0 Å². The summed E-state index contributed by atoms with van der Waals surface area (Å²) in [7, 11) is 3.32. The number of aromatic nitrogens is 1. The van der Waals surface area contributed by atoms with Crippen LogP contribution in [0.15, 0.2) is 24.4 Å². The standard InChI is InChI=1S/C16H21N3O2/c1-20-14-4-3-13-12(15(14)21-2)7-10-18-16(13)19-11-5-8-17-9-6-11/h3-4,7,10-11,17H,5-6,8-9H2,1-2H3,(H,18,19). The van der Waals surface area contributed by atoms with E-state index in [0.717, 1.165) is 54.0 Å². The molecule has 0 radical (unpaired) electrons. The second-order valence-electron chi connectivity index (χ2n) is 5.22. The molecule has 1 fully saturated rings. The minimum absolute atomic E-state index is 0.470. The van der Waals surface area contributed by atoms with Gasteiger partial charge in [-0.25, -0.2) is 4.98 Å². The first-order chi connectivity index (χ1) is 10.3. The van der Waals surface area contributed by atoms with Gasteiger partial charge >= 0.3 is 0 Å². The summed E-state index contributed by atoms with van der Waals surface area (Å²) in [4.78, 5) is 4.50. The topological polar surface area (TPSA) is 55.4 Å². The largest absolute Gasteiger partial charge is 0.493 e. The van der Waals surface area contributed by atoms with E-state index < -0.39 is 0 Å². The van der Waals surface area contributed by atoms with Crippen LogP contribution in [0.2, 0.25) is 0 Å². The number of hydrogen-bond acceptors (Lipinski definition) is 5. The SMILES string of the molecule is COc1ccc2c(NC3CCNCC3)nccc2c1OC. The van der Waals surface area contributed by atoms with E-state index in [4.69, 9.17) is 9.47 Å². The van der Waals surface area contributed by atoms with E-state index in [0.29, 0.717) is 6.04 Å². The molecule has 1 aromatic heterocycles. The van der Waals surface area contributed by atoms with Crippen molar-refractivity contribution in [2.75, 3.05) is 32.6 Å². The Balaban J connectivity index is 1.99. The van der Waals surface area contributed by atoms with E-state index in [9.17, 15) is 0 Å². The molecule has 2 heterocycles. The van der Waals surface area contributed by atoms with Crippen molar-refractivity contribution >= 4 is 16.6 Å². The zero-order chi connectivity index (χ0) is 14.7. The Bertz CT molecular complexity index is 624. The summed E-state index contributed by atoms with van der Waals surface area (Å²) < 4.78 is 10.9. The highest BCUT2D eigenvalue weighted by Crippen LogP contribution is 2.37. The lowest BCUT2D eigenvalue weighted by molar-refractivity contribution is 0.358. The highest BCUT2D eigenvalue weighted by Gasteiger charge is 2.16. The minimum atomic E-state index is 0.470. The molecule has 0 unspecified atom stereocenters. The predicted molar refractivity (Wildman–Crippen MR) is 84.4 cm³/mol. The average Bonchev–Trinajstić information content (AvgIpc) is 2.55. The fraction of sp³-hybridized carbons (Fsp3) is 0.438. The van der Waals surface area contributed by atoms with Crippen LogP contribution in [0.3, 0.4) is 0 Å². The second-order valence-corrected chi connectivity index (χ2v) is 5.22. The molecule has 2 aromatic rings. The monoisotopic (exact) mass is 287 g/mol. The van der Waals surface area contributed by atoms with Crippen molar-refractivity contribution in [1.82, 2.24) is 10.3 Å². The number of nitrogens with zero attached hydrogens (tertiary/aromatic N) is 1. The molecule has 1 aliphatic rings. The quantitative estimate of drug-likeness (QED) is 0.904. The molecule has 0 saturated carbocycles. The van der Waals surface area contributed by atoms with Crippen LogP contribution in [-0.4, -0.2) is 38.3 Å². The summed E-state index contributed by atoms with van der Waals surface area (Å²) >= 11 is 0. The number of nitrogens with one attached hydrogen (secondary N) is 2. The fourth-order valence-corrected chi connectivity index (χ4v) is 2.85. The smallest absolute Gasteiger partial charge is 0.168 e. The maximum Gasteiger partial charge on any atom is 0.168 e. The number of ether oxygens (including phenoxy) is 2. The summed E-state index contributed by atoms with van der Waals surface area (Å²) in [5, 5.41) is 9.02. The average molecular weight is 287 g/mol. The van der Waals surface area contributed by atoms with Gasteiger partial charge in [-0.3, -0.25) is 0 Å². The van der Waals surface area contributed by atoms with Crippen LogP contribution in [0.5, 0.6) is 11.5 Å². The van der Waals surface area contributed by atoms with Crippen molar-refractivity contribution in [3.05, 3.63) is 24.4 Å². The summed E-state index contributed by atoms with van der Waals surface area (Å²) in [5.41, 5.74) is 0. The van der Waals surface area contributed by atoms with Gasteiger partial charge in [0.2, 0.25) is 0 Å². The number of fused-ring (bicyclic) bond motifs is 1. The van der Waals surface area contributed by atoms with Crippen LogP contribution >= 0.6 is 0 Å². The summed E-state index contributed by atoms with van der Waals surface area (Å²) in [5.74, 6) is 2.41. The lowest BCUT2D eigenvalue weighted by Gasteiger charge is -2.25. The van der Waals surface area contributed by atoms with Crippen molar-refractivity contribution in [3.63, 3.8) is 0 Å². The first-order valence-electron chi connectivity index (χ1n) is 7.30. The molecule has 3 rings (SSSR count). The molecule has 0 bridgehead atoms. The van der Waals surface area contributed by atoms with E-state index in [1.165, 1.54) is 0 Å². The van der Waals surface area contributed by atoms with Gasteiger partial charge in [0.1, 0.15) is 5.82 Å². The van der Waals surface area contributed by atoms with E-state index in [1.807, 2.05) is 24.4 Å². The molecular weight excluding hydrogens is 266 g/mol. The van der Waals surface area contributed by atoms with Crippen molar-refractivity contribution in [3.8, 4) is 11.5 Å². The highest BCUT2D eigenvalue weighted by atomic mass is 16.5. The van der Waals surface area contributed by atoms with Crippen LogP contribution < -0.4 is 20.1 Å². The third-order valence-corrected chi connectivity index (χ3v) is 3.96. The summed E-state index contributed by atoms with van der Waals surface area (Å²) in [6, 6.07) is 6.39. The van der Waals surface area contributed by atoms with Crippen molar-refractivity contribution in [2.45, 2.75) is 18.9 Å². The zero-order valence-corrected chi connectivity index (χ0v) is 12.5. The van der Waals surface area contributed by atoms with E-state index in [-0.39, 0.29) is 0 Å². The summed E-state index contributed by atoms with van der Waals surface area (Å²) in [6.07, 6.45) is 4.05. The highest BCUT2D eigenvalue weighted by molar-refractivity contribution is 5.97. The zero-order valence-electron chi connectivity index (χ0n) is 12.5. The lowest BCUT2D eigenvalue weighted by atomic mass is 10.1. The van der Waals surface area contributed by atoms with Gasteiger partial charge in [-0.2, -0.15) is 0 Å². The van der Waals surface area contributed by atoms with Crippen molar-refractivity contribution in [2.24, 2.45) is 0 Å². The van der Waals surface area contributed by atoms with E-state index in [1.54, 1.807) is 14.2 Å². The van der Waals surface area contributed by atoms with Gasteiger partial charge < -0.3 is 20.1 Å². The maximum atomic E-state index is 5.50. The number of pyridine rings is 1. The fourth-order valence-electron chi connectivity index (χ4n) is 2.85. The van der Waals surface area contributed by atoms with E-state index in [2.05, 4.69) is 15.6 Å². The molecule has 0 amide bonds. The molecule has 0 spiro atoms. The molecule has 0 atom stereocenters. The second kappa shape index (κ2) is 6.18. The molecule has 1 aliphatic heterocycles. The third-order valence-electron chi connectivity index (χ3n) is 3.96. The van der Waals surface area contributed by atoms with Crippen LogP contribution in [0, 0.1) is 0 Å². The normalized spacial score (nSPS) is 15.9. The maximum absolute atomic E-state index is 5.50. The number of piperidine rings is 1. The molecule has 112 valence electrons. The Morgan fingerprint density at radius 1 is 1.10 bits per heavy atom. The lowest BCUT2D eigenvalue weighted by Crippen LogP contribution is -2.35. The number of anilines is 1. The number of benzene rings is 1. The van der Waals surface area contributed by atoms with Gasteiger partial charge in [0.05, 0.1) is 14.2 Å². The number of rotatable bonds is 4.